The summed E-state index contributed by atoms with van der Waals surface area (Å²) in [5, 5.41) is 9.88. The van der Waals surface area contributed by atoms with Crippen molar-refractivity contribution in [3.63, 3.8) is 0 Å². The number of rotatable bonds is 2. The Labute approximate surface area is 103 Å². The zero-order valence-electron chi connectivity index (χ0n) is 9.46. The van der Waals surface area contributed by atoms with Crippen molar-refractivity contribution < 1.29 is 14.3 Å². The summed E-state index contributed by atoms with van der Waals surface area (Å²) in [6, 6.07) is 14.7. The Morgan fingerprint density at radius 1 is 1.00 bits per heavy atom. The van der Waals surface area contributed by atoms with Crippen LogP contribution in [0, 0.1) is 0 Å². The van der Waals surface area contributed by atoms with Gasteiger partial charge >= 0.3 is 5.97 Å². The molecule has 1 heterocycles. The van der Waals surface area contributed by atoms with Gasteiger partial charge in [-0.1, -0.05) is 36.4 Å². The molecule has 0 bridgehead atoms. The van der Waals surface area contributed by atoms with Gasteiger partial charge in [0.15, 0.2) is 0 Å². The minimum atomic E-state index is -0.945. The summed E-state index contributed by atoms with van der Waals surface area (Å²) < 4.78 is 5.43. The second-order valence-electron chi connectivity index (χ2n) is 4.00. The highest BCUT2D eigenvalue weighted by atomic mass is 16.4. The maximum absolute atomic E-state index is 11.3. The van der Waals surface area contributed by atoms with Gasteiger partial charge < -0.3 is 9.52 Å². The molecule has 0 saturated heterocycles. The fourth-order valence-electron chi connectivity index (χ4n) is 2.10. The molecule has 0 radical (unpaired) electrons. The predicted octanol–water partition coefficient (Wildman–Crippen LogP) is 3.80. The minimum absolute atomic E-state index is 0.264. The van der Waals surface area contributed by atoms with Gasteiger partial charge in [0.05, 0.1) is 11.8 Å². The monoisotopic (exact) mass is 238 g/mol. The van der Waals surface area contributed by atoms with Crippen LogP contribution >= 0.6 is 0 Å². The standard InChI is InChI=1S/C15H10O3/c16-15(17)11-7-4-8-13-14(11)12(9-18-13)10-5-2-1-3-6-10/h1-9H,(H,16,17). The first kappa shape index (κ1) is 10.6. The number of benzene rings is 2. The molecule has 1 N–H and O–H groups in total. The van der Waals surface area contributed by atoms with Gasteiger partial charge in [-0.05, 0) is 17.7 Å². The summed E-state index contributed by atoms with van der Waals surface area (Å²) in [7, 11) is 0. The Hall–Kier alpha value is -2.55. The summed E-state index contributed by atoms with van der Waals surface area (Å²) in [5.41, 5.74) is 2.61. The number of carbonyl (C=O) groups is 1. The van der Waals surface area contributed by atoms with Crippen LogP contribution in [0.2, 0.25) is 0 Å². The van der Waals surface area contributed by atoms with Crippen LogP contribution in [0.4, 0.5) is 0 Å². The Morgan fingerprint density at radius 3 is 2.50 bits per heavy atom. The van der Waals surface area contributed by atoms with Crippen LogP contribution in [-0.4, -0.2) is 11.1 Å². The van der Waals surface area contributed by atoms with E-state index in [1.165, 1.54) is 0 Å². The lowest BCUT2D eigenvalue weighted by Gasteiger charge is -2.01. The quantitative estimate of drug-likeness (QED) is 0.738. The smallest absolute Gasteiger partial charge is 0.336 e. The highest BCUT2D eigenvalue weighted by Crippen LogP contribution is 2.32. The maximum atomic E-state index is 11.3. The largest absolute Gasteiger partial charge is 0.478 e. The minimum Gasteiger partial charge on any atom is -0.478 e. The number of hydrogen-bond acceptors (Lipinski definition) is 2. The fourth-order valence-corrected chi connectivity index (χ4v) is 2.10. The van der Waals surface area contributed by atoms with E-state index in [4.69, 9.17) is 4.42 Å². The van der Waals surface area contributed by atoms with Crippen LogP contribution in [0.5, 0.6) is 0 Å². The van der Waals surface area contributed by atoms with E-state index < -0.39 is 5.97 Å². The summed E-state index contributed by atoms with van der Waals surface area (Å²) >= 11 is 0. The molecule has 1 aromatic heterocycles. The van der Waals surface area contributed by atoms with Crippen LogP contribution in [0.3, 0.4) is 0 Å². The average Bonchev–Trinajstić information content (AvgIpc) is 2.83. The summed E-state index contributed by atoms with van der Waals surface area (Å²) in [6.45, 7) is 0. The molecule has 0 aliphatic carbocycles. The molecule has 0 spiro atoms. The first-order chi connectivity index (χ1) is 8.77. The van der Waals surface area contributed by atoms with Crippen LogP contribution < -0.4 is 0 Å². The van der Waals surface area contributed by atoms with Crippen molar-refractivity contribution in [3.8, 4) is 11.1 Å². The van der Waals surface area contributed by atoms with Crippen LogP contribution in [0.15, 0.2) is 59.2 Å². The zero-order valence-corrected chi connectivity index (χ0v) is 9.46. The van der Waals surface area contributed by atoms with Crippen molar-refractivity contribution in [3.05, 3.63) is 60.4 Å². The van der Waals surface area contributed by atoms with Gasteiger partial charge in [0.1, 0.15) is 5.58 Å². The fraction of sp³-hybridized carbons (Fsp3) is 0. The second kappa shape index (κ2) is 4.04. The lowest BCUT2D eigenvalue weighted by Crippen LogP contribution is -1.96. The molecule has 3 heteroatoms. The Kier molecular flexibility index (Phi) is 2.38. The number of carboxylic acid groups (broad SMARTS) is 1. The molecule has 0 fully saturated rings. The molecule has 0 atom stereocenters. The highest BCUT2D eigenvalue weighted by molar-refractivity contribution is 6.08. The van der Waals surface area contributed by atoms with Gasteiger partial charge in [-0.25, -0.2) is 4.79 Å². The third kappa shape index (κ3) is 1.57. The molecule has 0 saturated carbocycles. The molecule has 3 rings (SSSR count). The first-order valence-electron chi connectivity index (χ1n) is 5.56. The lowest BCUT2D eigenvalue weighted by molar-refractivity contribution is 0.0699. The molecular formula is C15H10O3. The first-order valence-corrected chi connectivity index (χ1v) is 5.56. The van der Waals surface area contributed by atoms with Crippen LogP contribution in [0.1, 0.15) is 10.4 Å². The van der Waals surface area contributed by atoms with E-state index in [1.54, 1.807) is 24.5 Å². The molecule has 0 amide bonds. The molecule has 0 aliphatic heterocycles. The number of furan rings is 1. The van der Waals surface area contributed by atoms with Gasteiger partial charge in [-0.2, -0.15) is 0 Å². The number of hydrogen-bond donors (Lipinski definition) is 1. The summed E-state index contributed by atoms with van der Waals surface area (Å²) in [5.74, 6) is -0.945. The zero-order chi connectivity index (χ0) is 12.5. The van der Waals surface area contributed by atoms with Gasteiger partial charge in [-0.3, -0.25) is 0 Å². The molecule has 88 valence electrons. The summed E-state index contributed by atoms with van der Waals surface area (Å²) in [4.78, 5) is 11.3. The van der Waals surface area contributed by atoms with E-state index in [1.807, 2.05) is 30.3 Å². The van der Waals surface area contributed by atoms with E-state index in [0.717, 1.165) is 11.1 Å². The van der Waals surface area contributed by atoms with Crippen LogP contribution in [-0.2, 0) is 0 Å². The lowest BCUT2D eigenvalue weighted by atomic mass is 10.0. The Balaban J connectivity index is 2.35. The molecule has 3 nitrogen and oxygen atoms in total. The second-order valence-corrected chi connectivity index (χ2v) is 4.00. The van der Waals surface area contributed by atoms with Crippen molar-refractivity contribution in [2.24, 2.45) is 0 Å². The molecule has 0 aliphatic rings. The third-order valence-corrected chi connectivity index (χ3v) is 2.91. The highest BCUT2D eigenvalue weighted by Gasteiger charge is 2.15. The third-order valence-electron chi connectivity index (χ3n) is 2.91. The van der Waals surface area contributed by atoms with E-state index in [9.17, 15) is 9.90 Å². The van der Waals surface area contributed by atoms with E-state index >= 15 is 0 Å². The average molecular weight is 238 g/mol. The molecule has 3 aromatic rings. The summed E-state index contributed by atoms with van der Waals surface area (Å²) in [6.07, 6.45) is 1.60. The van der Waals surface area contributed by atoms with Crippen molar-refractivity contribution in [2.45, 2.75) is 0 Å². The van der Waals surface area contributed by atoms with Crippen molar-refractivity contribution >= 4 is 16.9 Å². The SMILES string of the molecule is O=C(O)c1cccc2occ(-c3ccccc3)c12. The number of fused-ring (bicyclic) bond motifs is 1. The molecule has 0 unspecified atom stereocenters. The van der Waals surface area contributed by atoms with Gasteiger partial charge in [-0.15, -0.1) is 0 Å². The molecule has 2 aromatic carbocycles. The Bertz CT molecular complexity index is 711. The number of aromatic carboxylic acids is 1. The van der Waals surface area contributed by atoms with Crippen molar-refractivity contribution in [1.29, 1.82) is 0 Å². The van der Waals surface area contributed by atoms with Gasteiger partial charge in [0, 0.05) is 10.9 Å². The molecule has 18 heavy (non-hydrogen) atoms. The molecular weight excluding hydrogens is 228 g/mol. The normalized spacial score (nSPS) is 10.7. The number of carboxylic acids is 1. The van der Waals surface area contributed by atoms with Crippen molar-refractivity contribution in [1.82, 2.24) is 0 Å². The van der Waals surface area contributed by atoms with Crippen LogP contribution in [0.25, 0.3) is 22.1 Å². The van der Waals surface area contributed by atoms with E-state index in [-0.39, 0.29) is 5.56 Å². The van der Waals surface area contributed by atoms with Gasteiger partial charge in [0.25, 0.3) is 0 Å². The van der Waals surface area contributed by atoms with Crippen molar-refractivity contribution in [2.75, 3.05) is 0 Å². The van der Waals surface area contributed by atoms with E-state index in [2.05, 4.69) is 0 Å². The Morgan fingerprint density at radius 2 is 1.78 bits per heavy atom. The maximum Gasteiger partial charge on any atom is 0.336 e. The van der Waals surface area contributed by atoms with Gasteiger partial charge in [0.2, 0.25) is 0 Å². The predicted molar refractivity (Wildman–Crippen MR) is 68.6 cm³/mol. The topological polar surface area (TPSA) is 50.4 Å². The van der Waals surface area contributed by atoms with E-state index in [0.29, 0.717) is 11.0 Å².